The Morgan fingerprint density at radius 3 is 2.32 bits per heavy atom. The summed E-state index contributed by atoms with van der Waals surface area (Å²) >= 11 is 0. The number of nitrogens with zero attached hydrogens (tertiary/aromatic N) is 3. The second kappa shape index (κ2) is 8.81. The van der Waals surface area contributed by atoms with E-state index in [1.165, 1.54) is 5.56 Å². The van der Waals surface area contributed by atoms with Crippen molar-refractivity contribution in [2.24, 2.45) is 0 Å². The monoisotopic (exact) mass is 470 g/mol. The Morgan fingerprint density at radius 2 is 1.79 bits per heavy atom. The van der Waals surface area contributed by atoms with Gasteiger partial charge < -0.3 is 25.0 Å². The number of benzene rings is 1. The largest absolute Gasteiger partial charge is 0.388 e. The molecule has 1 spiro atoms. The number of carbonyl (C=O) groups is 2. The van der Waals surface area contributed by atoms with E-state index in [9.17, 15) is 14.7 Å². The number of ether oxygens (including phenoxy) is 1. The van der Waals surface area contributed by atoms with Crippen LogP contribution in [0.1, 0.15) is 50.5 Å². The molecule has 4 fully saturated rings. The van der Waals surface area contributed by atoms with Crippen LogP contribution < -0.4 is 5.32 Å². The zero-order valence-electron chi connectivity index (χ0n) is 20.5. The molecule has 0 unspecified atom stereocenters. The van der Waals surface area contributed by atoms with Crippen molar-refractivity contribution in [3.05, 3.63) is 35.9 Å². The number of hydrogen-bond acceptors (Lipinski definition) is 5. The molecule has 0 bridgehead atoms. The normalized spacial score (nSPS) is 31.0. The average Bonchev–Trinajstić information content (AvgIpc) is 3.01. The first-order valence-electron chi connectivity index (χ1n) is 12.6. The van der Waals surface area contributed by atoms with Gasteiger partial charge in [0, 0.05) is 12.1 Å². The Hall–Kier alpha value is -2.16. The summed E-state index contributed by atoms with van der Waals surface area (Å²) in [6.07, 6.45) is 6.00. The average molecular weight is 471 g/mol. The molecule has 3 amide bonds. The number of amides is 3. The van der Waals surface area contributed by atoms with Crippen LogP contribution >= 0.6 is 0 Å². The standard InChI is InChI=1S/C26H38N4O4/c1-28(2)26(20-7-4-3-5-8-20)13-11-24(12-14-26)18-29(15-22(31)27-21-16-34-17-21)23(32)30(24)19-25(33)9-6-10-25/h3-5,7-8,21,33H,6,9-19H2,1-2H3,(H,27,31)/t24-,26-. The molecule has 0 radical (unpaired) electrons. The number of carbonyl (C=O) groups excluding carboxylic acids is 2. The van der Waals surface area contributed by atoms with E-state index in [0.717, 1.165) is 44.9 Å². The summed E-state index contributed by atoms with van der Waals surface area (Å²) in [4.78, 5) is 32.2. The first-order chi connectivity index (χ1) is 16.3. The van der Waals surface area contributed by atoms with Crippen molar-refractivity contribution >= 4 is 11.9 Å². The summed E-state index contributed by atoms with van der Waals surface area (Å²) in [5, 5.41) is 13.9. The predicted molar refractivity (Wildman–Crippen MR) is 128 cm³/mol. The third-order valence-electron chi connectivity index (χ3n) is 8.81. The van der Waals surface area contributed by atoms with Crippen LogP contribution in [0.2, 0.25) is 0 Å². The highest BCUT2D eigenvalue weighted by Gasteiger charge is 2.56. The third kappa shape index (κ3) is 4.10. The van der Waals surface area contributed by atoms with Crippen LogP contribution in [0.15, 0.2) is 30.3 Å². The Morgan fingerprint density at radius 1 is 1.12 bits per heavy atom. The van der Waals surface area contributed by atoms with Crippen molar-refractivity contribution in [3.63, 3.8) is 0 Å². The van der Waals surface area contributed by atoms with Crippen LogP contribution in [0.5, 0.6) is 0 Å². The van der Waals surface area contributed by atoms with E-state index in [2.05, 4.69) is 48.6 Å². The number of hydrogen-bond donors (Lipinski definition) is 2. The number of aliphatic hydroxyl groups is 1. The van der Waals surface area contributed by atoms with Gasteiger partial charge in [0.25, 0.3) is 0 Å². The summed E-state index contributed by atoms with van der Waals surface area (Å²) in [7, 11) is 4.28. The lowest BCUT2D eigenvalue weighted by Gasteiger charge is -2.52. The quantitative estimate of drug-likeness (QED) is 0.636. The van der Waals surface area contributed by atoms with Crippen LogP contribution in [0.3, 0.4) is 0 Å². The lowest BCUT2D eigenvalue weighted by molar-refractivity contribution is -0.125. The fourth-order valence-corrected chi connectivity index (χ4v) is 6.34. The molecule has 1 aromatic carbocycles. The Labute approximate surface area is 202 Å². The zero-order chi connectivity index (χ0) is 24.0. The van der Waals surface area contributed by atoms with Crippen molar-refractivity contribution in [2.75, 3.05) is 46.9 Å². The van der Waals surface area contributed by atoms with Crippen LogP contribution in [-0.2, 0) is 15.1 Å². The Bertz CT molecular complexity index is 905. The van der Waals surface area contributed by atoms with Crippen LogP contribution in [-0.4, -0.2) is 95.9 Å². The van der Waals surface area contributed by atoms with Crippen molar-refractivity contribution in [3.8, 4) is 0 Å². The van der Waals surface area contributed by atoms with Crippen LogP contribution in [0, 0.1) is 0 Å². The van der Waals surface area contributed by atoms with Gasteiger partial charge in [0.05, 0.1) is 36.9 Å². The molecule has 34 heavy (non-hydrogen) atoms. The number of rotatable bonds is 7. The Kier molecular flexibility index (Phi) is 6.11. The molecular formula is C26H38N4O4. The lowest BCUT2D eigenvalue weighted by Crippen LogP contribution is -2.59. The first kappa shape index (κ1) is 23.6. The van der Waals surface area contributed by atoms with Gasteiger partial charge in [-0.15, -0.1) is 0 Å². The second-order valence-corrected chi connectivity index (χ2v) is 11.1. The first-order valence-corrected chi connectivity index (χ1v) is 12.6. The van der Waals surface area contributed by atoms with Crippen molar-refractivity contribution in [2.45, 2.75) is 67.7 Å². The molecule has 5 rings (SSSR count). The van der Waals surface area contributed by atoms with Gasteiger partial charge in [0.15, 0.2) is 0 Å². The van der Waals surface area contributed by atoms with E-state index in [4.69, 9.17) is 4.74 Å². The molecule has 2 saturated heterocycles. The van der Waals surface area contributed by atoms with E-state index in [-0.39, 0.29) is 35.6 Å². The van der Waals surface area contributed by atoms with Gasteiger partial charge >= 0.3 is 6.03 Å². The third-order valence-corrected chi connectivity index (χ3v) is 8.81. The van der Waals surface area contributed by atoms with Crippen LogP contribution in [0.25, 0.3) is 0 Å². The molecule has 8 heteroatoms. The SMILES string of the molecule is CN(C)[C@]1(c2ccccc2)CC[C@@]2(CC1)CN(CC(=O)NC1COC1)C(=O)N2CC1(O)CCC1. The maximum atomic E-state index is 13.6. The van der Waals surface area contributed by atoms with E-state index < -0.39 is 5.60 Å². The summed E-state index contributed by atoms with van der Waals surface area (Å²) in [5.74, 6) is -0.135. The summed E-state index contributed by atoms with van der Waals surface area (Å²) < 4.78 is 5.15. The van der Waals surface area contributed by atoms with Gasteiger partial charge in [-0.05, 0) is 64.6 Å². The van der Waals surface area contributed by atoms with E-state index in [0.29, 0.717) is 26.3 Å². The molecule has 2 aliphatic heterocycles. The van der Waals surface area contributed by atoms with E-state index >= 15 is 0 Å². The maximum absolute atomic E-state index is 13.6. The highest BCUT2D eigenvalue weighted by Crippen LogP contribution is 2.50. The molecule has 2 saturated carbocycles. The van der Waals surface area contributed by atoms with E-state index in [1.54, 1.807) is 4.90 Å². The Balaban J connectivity index is 1.36. The van der Waals surface area contributed by atoms with Gasteiger partial charge in [0.1, 0.15) is 6.54 Å². The minimum Gasteiger partial charge on any atom is -0.388 e. The van der Waals surface area contributed by atoms with Gasteiger partial charge in [-0.25, -0.2) is 4.79 Å². The molecule has 4 aliphatic rings. The maximum Gasteiger partial charge on any atom is 0.321 e. The van der Waals surface area contributed by atoms with Gasteiger partial charge in [0.2, 0.25) is 5.91 Å². The zero-order valence-corrected chi connectivity index (χ0v) is 20.5. The molecule has 8 nitrogen and oxygen atoms in total. The number of nitrogens with one attached hydrogen (secondary N) is 1. The molecule has 186 valence electrons. The topological polar surface area (TPSA) is 85.4 Å². The van der Waals surface area contributed by atoms with Crippen molar-refractivity contribution in [1.29, 1.82) is 0 Å². The van der Waals surface area contributed by atoms with Gasteiger partial charge in [-0.3, -0.25) is 9.69 Å². The van der Waals surface area contributed by atoms with Gasteiger partial charge in [-0.2, -0.15) is 0 Å². The van der Waals surface area contributed by atoms with Gasteiger partial charge in [-0.1, -0.05) is 30.3 Å². The molecule has 0 atom stereocenters. The van der Waals surface area contributed by atoms with Crippen molar-refractivity contribution < 1.29 is 19.4 Å². The fraction of sp³-hybridized carbons (Fsp3) is 0.692. The minimum atomic E-state index is -0.792. The highest BCUT2D eigenvalue weighted by molar-refractivity contribution is 5.86. The summed E-state index contributed by atoms with van der Waals surface area (Å²) in [6, 6.07) is 10.6. The smallest absolute Gasteiger partial charge is 0.321 e. The molecule has 2 N–H and O–H groups in total. The molecular weight excluding hydrogens is 432 g/mol. The summed E-state index contributed by atoms with van der Waals surface area (Å²) in [5.41, 5.74) is 0.0853. The predicted octanol–water partition coefficient (Wildman–Crippen LogP) is 1.92. The van der Waals surface area contributed by atoms with Crippen LogP contribution in [0.4, 0.5) is 4.79 Å². The lowest BCUT2D eigenvalue weighted by atomic mass is 9.67. The molecule has 1 aromatic rings. The molecule has 2 heterocycles. The minimum absolute atomic E-state index is 0.0483. The molecule has 2 aliphatic carbocycles. The van der Waals surface area contributed by atoms with E-state index in [1.807, 2.05) is 11.0 Å². The summed E-state index contributed by atoms with van der Waals surface area (Å²) in [6.45, 7) is 2.03. The molecule has 0 aromatic heterocycles. The number of urea groups is 1. The van der Waals surface area contributed by atoms with Crippen molar-refractivity contribution in [1.82, 2.24) is 20.0 Å². The second-order valence-electron chi connectivity index (χ2n) is 11.1. The fourth-order valence-electron chi connectivity index (χ4n) is 6.34. The highest BCUT2D eigenvalue weighted by atomic mass is 16.5. The number of β-amino-alcohol motifs (C(OH)–C–C–N with tert-alkyl or cyclic N) is 1.